The molecule has 0 radical (unpaired) electrons. The van der Waals surface area contributed by atoms with E-state index in [1.165, 1.54) is 12.5 Å². The smallest absolute Gasteiger partial charge is 0.215 e. The van der Waals surface area contributed by atoms with Crippen molar-refractivity contribution in [2.24, 2.45) is 0 Å². The van der Waals surface area contributed by atoms with Gasteiger partial charge in [-0.1, -0.05) is 0 Å². The van der Waals surface area contributed by atoms with Gasteiger partial charge in [0, 0.05) is 6.07 Å². The Balaban J connectivity index is 2.07. The monoisotopic (exact) mass is 182 g/mol. The fraction of sp³-hybridized carbons (Fsp3) is 0.444. The highest BCUT2D eigenvalue weighted by atomic mass is 19.1. The van der Waals surface area contributed by atoms with Crippen LogP contribution in [0.4, 0.5) is 10.1 Å². The lowest BCUT2D eigenvalue weighted by atomic mass is 9.96. The number of nitrogens with two attached hydrogens (primary N) is 1. The van der Waals surface area contributed by atoms with Gasteiger partial charge in [0.15, 0.2) is 5.82 Å². The van der Waals surface area contributed by atoms with Crippen LogP contribution in [0.5, 0.6) is 5.88 Å². The Labute approximate surface area is 75.7 Å². The van der Waals surface area contributed by atoms with E-state index < -0.39 is 5.82 Å². The van der Waals surface area contributed by atoms with Crippen LogP contribution < -0.4 is 10.5 Å². The Morgan fingerprint density at radius 1 is 1.54 bits per heavy atom. The fourth-order valence-electron chi connectivity index (χ4n) is 1.16. The van der Waals surface area contributed by atoms with Crippen LogP contribution in [0.2, 0.25) is 0 Å². The minimum Gasteiger partial charge on any atom is -0.474 e. The molecule has 2 N–H and O–H groups in total. The number of hydrogen-bond donors (Lipinski definition) is 1. The SMILES string of the molecule is Nc1cc(OC2CCC2)ncc1F. The van der Waals surface area contributed by atoms with E-state index in [0.29, 0.717) is 5.88 Å². The summed E-state index contributed by atoms with van der Waals surface area (Å²) in [6, 6.07) is 1.42. The first-order valence-corrected chi connectivity index (χ1v) is 4.33. The topological polar surface area (TPSA) is 48.1 Å². The Kier molecular flexibility index (Phi) is 2.04. The Hall–Kier alpha value is -1.32. The molecular weight excluding hydrogens is 171 g/mol. The molecule has 1 fully saturated rings. The van der Waals surface area contributed by atoms with Crippen molar-refractivity contribution in [1.82, 2.24) is 4.98 Å². The molecule has 1 saturated carbocycles. The highest BCUT2D eigenvalue weighted by molar-refractivity contribution is 5.41. The van der Waals surface area contributed by atoms with E-state index in [1.807, 2.05) is 0 Å². The van der Waals surface area contributed by atoms with Gasteiger partial charge in [0.25, 0.3) is 0 Å². The molecule has 0 spiro atoms. The number of pyridine rings is 1. The van der Waals surface area contributed by atoms with E-state index in [4.69, 9.17) is 10.5 Å². The number of hydrogen-bond acceptors (Lipinski definition) is 3. The van der Waals surface area contributed by atoms with E-state index in [0.717, 1.165) is 19.0 Å². The van der Waals surface area contributed by atoms with Crippen molar-refractivity contribution in [2.75, 3.05) is 5.73 Å². The summed E-state index contributed by atoms with van der Waals surface area (Å²) in [5.74, 6) is -0.0791. The predicted molar refractivity (Wildman–Crippen MR) is 46.9 cm³/mol. The number of nitrogen functional groups attached to an aromatic ring is 1. The zero-order valence-electron chi connectivity index (χ0n) is 7.16. The largest absolute Gasteiger partial charge is 0.474 e. The highest BCUT2D eigenvalue weighted by Gasteiger charge is 2.19. The molecule has 13 heavy (non-hydrogen) atoms. The van der Waals surface area contributed by atoms with Crippen molar-refractivity contribution >= 4 is 5.69 Å². The molecular formula is C9H11FN2O. The maximum atomic E-state index is 12.7. The van der Waals surface area contributed by atoms with Crippen molar-refractivity contribution in [3.8, 4) is 5.88 Å². The number of nitrogens with zero attached hydrogens (tertiary/aromatic N) is 1. The number of anilines is 1. The van der Waals surface area contributed by atoms with Crippen molar-refractivity contribution in [3.05, 3.63) is 18.1 Å². The van der Waals surface area contributed by atoms with Gasteiger partial charge in [0.1, 0.15) is 6.10 Å². The van der Waals surface area contributed by atoms with Crippen LogP contribution >= 0.6 is 0 Å². The van der Waals surface area contributed by atoms with Gasteiger partial charge in [0.05, 0.1) is 11.9 Å². The van der Waals surface area contributed by atoms with Gasteiger partial charge >= 0.3 is 0 Å². The number of halogens is 1. The van der Waals surface area contributed by atoms with Gasteiger partial charge in [-0.3, -0.25) is 0 Å². The van der Waals surface area contributed by atoms with E-state index in [2.05, 4.69) is 4.98 Å². The van der Waals surface area contributed by atoms with Crippen LogP contribution in [-0.2, 0) is 0 Å². The normalized spacial score (nSPS) is 16.7. The summed E-state index contributed by atoms with van der Waals surface area (Å²) >= 11 is 0. The predicted octanol–water partition coefficient (Wildman–Crippen LogP) is 1.73. The second kappa shape index (κ2) is 3.20. The molecule has 0 saturated heterocycles. The maximum Gasteiger partial charge on any atom is 0.215 e. The summed E-state index contributed by atoms with van der Waals surface area (Å²) in [5.41, 5.74) is 5.45. The first-order chi connectivity index (χ1) is 6.25. The van der Waals surface area contributed by atoms with Crippen LogP contribution in [0, 0.1) is 5.82 Å². The van der Waals surface area contributed by atoms with E-state index in [9.17, 15) is 4.39 Å². The molecule has 1 aromatic heterocycles. The number of rotatable bonds is 2. The van der Waals surface area contributed by atoms with Crippen LogP contribution in [0.1, 0.15) is 19.3 Å². The first-order valence-electron chi connectivity index (χ1n) is 4.33. The minimum absolute atomic E-state index is 0.0873. The molecule has 1 aromatic rings. The summed E-state index contributed by atoms with van der Waals surface area (Å²) in [6.07, 6.45) is 4.64. The third kappa shape index (κ3) is 1.71. The summed E-state index contributed by atoms with van der Waals surface area (Å²) in [6.45, 7) is 0. The molecule has 4 heteroatoms. The summed E-state index contributed by atoms with van der Waals surface area (Å²) < 4.78 is 18.1. The molecule has 1 heterocycles. The quantitative estimate of drug-likeness (QED) is 0.757. The molecule has 0 amide bonds. The average Bonchev–Trinajstić information content (AvgIpc) is 2.04. The Morgan fingerprint density at radius 3 is 2.85 bits per heavy atom. The third-order valence-electron chi connectivity index (χ3n) is 2.20. The first kappa shape index (κ1) is 8.29. The van der Waals surface area contributed by atoms with Gasteiger partial charge in [-0.15, -0.1) is 0 Å². The van der Waals surface area contributed by atoms with Gasteiger partial charge < -0.3 is 10.5 Å². The fourth-order valence-corrected chi connectivity index (χ4v) is 1.16. The lowest BCUT2D eigenvalue weighted by molar-refractivity contribution is 0.114. The molecule has 1 aliphatic rings. The standard InChI is InChI=1S/C9H11FN2O/c10-7-5-12-9(4-8(7)11)13-6-2-1-3-6/h4-6H,1-3H2,(H2,11,12). The van der Waals surface area contributed by atoms with Gasteiger partial charge in [-0.2, -0.15) is 0 Å². The van der Waals surface area contributed by atoms with Crippen LogP contribution in [0.3, 0.4) is 0 Å². The van der Waals surface area contributed by atoms with Crippen molar-refractivity contribution < 1.29 is 9.13 Å². The molecule has 0 unspecified atom stereocenters. The number of aromatic nitrogens is 1. The highest BCUT2D eigenvalue weighted by Crippen LogP contribution is 2.25. The van der Waals surface area contributed by atoms with Gasteiger partial charge in [-0.25, -0.2) is 9.37 Å². The minimum atomic E-state index is -0.499. The molecule has 70 valence electrons. The van der Waals surface area contributed by atoms with Gasteiger partial charge in [0.2, 0.25) is 5.88 Å². The zero-order valence-corrected chi connectivity index (χ0v) is 7.16. The van der Waals surface area contributed by atoms with Crippen LogP contribution in [-0.4, -0.2) is 11.1 Å². The van der Waals surface area contributed by atoms with Crippen LogP contribution in [0.25, 0.3) is 0 Å². The molecule has 3 nitrogen and oxygen atoms in total. The molecule has 0 aliphatic heterocycles. The lowest BCUT2D eigenvalue weighted by Gasteiger charge is -2.25. The average molecular weight is 182 g/mol. The molecule has 2 rings (SSSR count). The second-order valence-electron chi connectivity index (χ2n) is 3.21. The zero-order chi connectivity index (χ0) is 9.26. The summed E-state index contributed by atoms with van der Waals surface area (Å²) in [7, 11) is 0. The molecule has 1 aliphatic carbocycles. The van der Waals surface area contributed by atoms with Crippen molar-refractivity contribution in [2.45, 2.75) is 25.4 Å². The second-order valence-corrected chi connectivity index (χ2v) is 3.21. The molecule has 0 aromatic carbocycles. The Bertz CT molecular complexity index is 312. The molecule has 0 atom stereocenters. The van der Waals surface area contributed by atoms with Crippen molar-refractivity contribution in [3.63, 3.8) is 0 Å². The number of ether oxygens (including phenoxy) is 1. The molecule has 0 bridgehead atoms. The summed E-state index contributed by atoms with van der Waals surface area (Å²) in [4.78, 5) is 3.78. The van der Waals surface area contributed by atoms with E-state index >= 15 is 0 Å². The van der Waals surface area contributed by atoms with E-state index in [1.54, 1.807) is 0 Å². The van der Waals surface area contributed by atoms with Gasteiger partial charge in [-0.05, 0) is 19.3 Å². The summed E-state index contributed by atoms with van der Waals surface area (Å²) in [5, 5.41) is 0. The lowest BCUT2D eigenvalue weighted by Crippen LogP contribution is -2.25. The third-order valence-corrected chi connectivity index (χ3v) is 2.20. The van der Waals surface area contributed by atoms with Crippen LogP contribution in [0.15, 0.2) is 12.3 Å². The Morgan fingerprint density at radius 2 is 2.31 bits per heavy atom. The van der Waals surface area contributed by atoms with E-state index in [-0.39, 0.29) is 11.8 Å². The van der Waals surface area contributed by atoms with Crippen molar-refractivity contribution in [1.29, 1.82) is 0 Å². The maximum absolute atomic E-state index is 12.7.